The number of anilines is 1. The molecule has 0 fully saturated rings. The fourth-order valence-corrected chi connectivity index (χ4v) is 3.14. The SMILES string of the molecule is NC(=S)C(C(=O)Nc1ccc(Cl)cc1I)c1ccccc1. The van der Waals surface area contributed by atoms with E-state index in [2.05, 4.69) is 27.9 Å². The molecule has 0 aliphatic heterocycles. The minimum absolute atomic E-state index is 0.141. The van der Waals surface area contributed by atoms with Crippen LogP contribution in [0.5, 0.6) is 0 Å². The van der Waals surface area contributed by atoms with Crippen LogP contribution in [-0.4, -0.2) is 10.9 Å². The molecule has 0 saturated carbocycles. The first-order valence-electron chi connectivity index (χ1n) is 6.09. The molecule has 0 radical (unpaired) electrons. The zero-order valence-electron chi connectivity index (χ0n) is 10.8. The number of nitrogens with one attached hydrogen (secondary N) is 1. The Labute approximate surface area is 147 Å². The van der Waals surface area contributed by atoms with Gasteiger partial charge < -0.3 is 11.1 Å². The highest BCUT2D eigenvalue weighted by Gasteiger charge is 2.23. The van der Waals surface area contributed by atoms with Crippen molar-refractivity contribution in [3.8, 4) is 0 Å². The van der Waals surface area contributed by atoms with Crippen molar-refractivity contribution >= 4 is 63.0 Å². The third kappa shape index (κ3) is 4.15. The molecule has 0 bridgehead atoms. The lowest BCUT2D eigenvalue weighted by Gasteiger charge is -2.16. The Kier molecular flexibility index (Phi) is 5.55. The molecule has 0 aromatic heterocycles. The number of nitrogens with two attached hydrogens (primary N) is 1. The van der Waals surface area contributed by atoms with Crippen molar-refractivity contribution in [1.82, 2.24) is 0 Å². The highest BCUT2D eigenvalue weighted by Crippen LogP contribution is 2.24. The van der Waals surface area contributed by atoms with E-state index in [-0.39, 0.29) is 10.9 Å². The van der Waals surface area contributed by atoms with Gasteiger partial charge >= 0.3 is 0 Å². The standard InChI is InChI=1S/C15H12ClIN2OS/c16-10-6-7-12(11(17)8-10)19-15(20)13(14(18)21)9-4-2-1-3-5-9/h1-8,13H,(H2,18,21)(H,19,20). The molecule has 0 spiro atoms. The predicted molar refractivity (Wildman–Crippen MR) is 98.8 cm³/mol. The molecular weight excluding hydrogens is 419 g/mol. The predicted octanol–water partition coefficient (Wildman–Crippen LogP) is 3.95. The van der Waals surface area contributed by atoms with Crippen LogP contribution in [0.2, 0.25) is 5.02 Å². The summed E-state index contributed by atoms with van der Waals surface area (Å²) in [6, 6.07) is 14.5. The van der Waals surface area contributed by atoms with Crippen molar-refractivity contribution < 1.29 is 4.79 Å². The van der Waals surface area contributed by atoms with Crippen LogP contribution in [-0.2, 0) is 4.79 Å². The Morgan fingerprint density at radius 2 is 1.90 bits per heavy atom. The Hall–Kier alpha value is -1.18. The van der Waals surface area contributed by atoms with Gasteiger partial charge in [-0.1, -0.05) is 54.2 Å². The fourth-order valence-electron chi connectivity index (χ4n) is 1.89. The summed E-state index contributed by atoms with van der Waals surface area (Å²) in [5, 5.41) is 3.46. The summed E-state index contributed by atoms with van der Waals surface area (Å²) in [4.78, 5) is 12.6. The average molecular weight is 431 g/mol. The lowest BCUT2D eigenvalue weighted by molar-refractivity contribution is -0.116. The summed E-state index contributed by atoms with van der Waals surface area (Å²) in [5.41, 5.74) is 7.19. The Balaban J connectivity index is 2.26. The molecule has 1 unspecified atom stereocenters. The molecular formula is C15H12ClIN2OS. The maximum absolute atomic E-state index is 12.5. The first-order chi connectivity index (χ1) is 9.99. The first-order valence-corrected chi connectivity index (χ1v) is 7.95. The number of hydrogen-bond donors (Lipinski definition) is 2. The molecule has 21 heavy (non-hydrogen) atoms. The van der Waals surface area contributed by atoms with Crippen LogP contribution in [0.15, 0.2) is 48.5 Å². The molecule has 0 heterocycles. The number of thiocarbonyl (C=S) groups is 1. The second-order valence-corrected chi connectivity index (χ2v) is 6.43. The maximum atomic E-state index is 12.5. The molecule has 1 amide bonds. The lowest BCUT2D eigenvalue weighted by atomic mass is 9.98. The molecule has 108 valence electrons. The molecule has 0 aliphatic rings. The zero-order chi connectivity index (χ0) is 15.4. The van der Waals surface area contributed by atoms with Crippen molar-refractivity contribution in [1.29, 1.82) is 0 Å². The molecule has 3 nitrogen and oxygen atoms in total. The summed E-state index contributed by atoms with van der Waals surface area (Å²) in [7, 11) is 0. The van der Waals surface area contributed by atoms with E-state index >= 15 is 0 Å². The van der Waals surface area contributed by atoms with Gasteiger partial charge in [0, 0.05) is 8.59 Å². The van der Waals surface area contributed by atoms with Gasteiger partial charge in [0.15, 0.2) is 0 Å². The van der Waals surface area contributed by atoms with Crippen LogP contribution >= 0.6 is 46.4 Å². The van der Waals surface area contributed by atoms with Gasteiger partial charge in [-0.3, -0.25) is 4.79 Å². The highest BCUT2D eigenvalue weighted by atomic mass is 127. The molecule has 0 aliphatic carbocycles. The van der Waals surface area contributed by atoms with Gasteiger partial charge in [-0.05, 0) is 46.4 Å². The van der Waals surface area contributed by atoms with E-state index in [1.54, 1.807) is 18.2 Å². The molecule has 2 rings (SSSR count). The van der Waals surface area contributed by atoms with E-state index < -0.39 is 5.92 Å². The van der Waals surface area contributed by atoms with Gasteiger partial charge in [-0.15, -0.1) is 0 Å². The fraction of sp³-hybridized carbons (Fsp3) is 0.0667. The number of benzene rings is 2. The van der Waals surface area contributed by atoms with Crippen LogP contribution in [0.25, 0.3) is 0 Å². The smallest absolute Gasteiger partial charge is 0.238 e. The van der Waals surface area contributed by atoms with E-state index in [0.29, 0.717) is 10.7 Å². The zero-order valence-corrected chi connectivity index (χ0v) is 14.6. The van der Waals surface area contributed by atoms with Gasteiger partial charge in [0.2, 0.25) is 5.91 Å². The number of halogens is 2. The van der Waals surface area contributed by atoms with E-state index in [1.165, 1.54) is 0 Å². The topological polar surface area (TPSA) is 55.1 Å². The highest BCUT2D eigenvalue weighted by molar-refractivity contribution is 14.1. The second-order valence-electron chi connectivity index (χ2n) is 4.36. The van der Waals surface area contributed by atoms with Crippen LogP contribution in [0.1, 0.15) is 11.5 Å². The van der Waals surface area contributed by atoms with E-state index in [9.17, 15) is 4.79 Å². The number of rotatable bonds is 4. The molecule has 2 aromatic rings. The third-order valence-electron chi connectivity index (χ3n) is 2.87. The number of hydrogen-bond acceptors (Lipinski definition) is 2. The Morgan fingerprint density at radius 1 is 1.24 bits per heavy atom. The second kappa shape index (κ2) is 7.20. The van der Waals surface area contributed by atoms with Gasteiger partial charge in [-0.2, -0.15) is 0 Å². The van der Waals surface area contributed by atoms with Crippen molar-refractivity contribution in [2.24, 2.45) is 5.73 Å². The number of carbonyl (C=O) groups excluding carboxylic acids is 1. The third-order valence-corrected chi connectivity index (χ3v) is 4.23. The summed E-state index contributed by atoms with van der Waals surface area (Å²) in [6.07, 6.45) is 0. The van der Waals surface area contributed by atoms with E-state index in [0.717, 1.165) is 9.13 Å². The van der Waals surface area contributed by atoms with Crippen LogP contribution in [0.4, 0.5) is 5.69 Å². The van der Waals surface area contributed by atoms with Crippen LogP contribution < -0.4 is 11.1 Å². The van der Waals surface area contributed by atoms with Gasteiger partial charge in [-0.25, -0.2) is 0 Å². The largest absolute Gasteiger partial charge is 0.392 e. The van der Waals surface area contributed by atoms with Crippen LogP contribution in [0.3, 0.4) is 0 Å². The van der Waals surface area contributed by atoms with Gasteiger partial charge in [0.25, 0.3) is 0 Å². The molecule has 0 saturated heterocycles. The number of amides is 1. The molecule has 2 aromatic carbocycles. The van der Waals surface area contributed by atoms with Gasteiger partial charge in [0.05, 0.1) is 10.7 Å². The van der Waals surface area contributed by atoms with E-state index in [4.69, 9.17) is 29.6 Å². The van der Waals surface area contributed by atoms with Crippen molar-refractivity contribution in [3.63, 3.8) is 0 Å². The Morgan fingerprint density at radius 3 is 2.48 bits per heavy atom. The number of carbonyl (C=O) groups is 1. The molecule has 1 atom stereocenters. The Bertz CT molecular complexity index is 679. The maximum Gasteiger partial charge on any atom is 0.238 e. The minimum Gasteiger partial charge on any atom is -0.392 e. The normalized spacial score (nSPS) is 11.7. The van der Waals surface area contributed by atoms with Crippen LogP contribution in [0, 0.1) is 3.57 Å². The average Bonchev–Trinajstić information content (AvgIpc) is 2.43. The minimum atomic E-state index is -0.660. The monoisotopic (exact) mass is 430 g/mol. The summed E-state index contributed by atoms with van der Waals surface area (Å²) in [6.45, 7) is 0. The van der Waals surface area contributed by atoms with Crippen molar-refractivity contribution in [2.45, 2.75) is 5.92 Å². The summed E-state index contributed by atoms with van der Waals surface area (Å²) in [5.74, 6) is -0.915. The summed E-state index contributed by atoms with van der Waals surface area (Å²) < 4.78 is 0.850. The quantitative estimate of drug-likeness (QED) is 0.570. The molecule has 3 N–H and O–H groups in total. The first kappa shape index (κ1) is 16.2. The van der Waals surface area contributed by atoms with Gasteiger partial charge in [0.1, 0.15) is 5.92 Å². The lowest BCUT2D eigenvalue weighted by Crippen LogP contribution is -2.31. The molecule has 6 heteroatoms. The van der Waals surface area contributed by atoms with E-state index in [1.807, 2.05) is 30.3 Å². The van der Waals surface area contributed by atoms with Crippen molar-refractivity contribution in [2.75, 3.05) is 5.32 Å². The van der Waals surface area contributed by atoms with Crippen molar-refractivity contribution in [3.05, 3.63) is 62.7 Å². The summed E-state index contributed by atoms with van der Waals surface area (Å²) >= 11 is 13.1.